The molecule has 2 amide bonds. The van der Waals surface area contributed by atoms with Gasteiger partial charge in [-0.25, -0.2) is 59.2 Å². The van der Waals surface area contributed by atoms with Gasteiger partial charge in [0.15, 0.2) is 82.8 Å². The standard InChI is InChI=1S/C25H24BrClFN5O5.C24H23BrClFN6O4.C23H20BrCl2FN6O5.C19H16BrClFN5O3/c1-36-20-5-3-2-4-15(20)10-17(34)14-38-23-18(26)11-16(22(35)21(23)27)12-30-32-25-29-13-19(28)24(31-25)33-6-8-37-9-7-33;1-14-4-2-3-5-18(14)30-19(34)13-37-22-16(25)10-15(21(35)20(22)26)11-29-32-24-28-12-17(27)23(31-24)33-6-8-36-9-7-33;24-13-7-14(25)21(36)16(8-13)30-18(34)11-38-17-2-1-12(20(35)19(17)26)9-29-32-23-28-10-15(27)22(31-23)33-3-5-37-6-4-33;20-11-7-13(17(28)14(21)8-11)16-2-1-12(30-16)9-24-26-19-23-10-15(22)18(25-19)27-3-5-29-6-4-27/h2-5,11-13,35H,6-10,14H2,1H3,(H,29,31,32);2-5,10-12,35H,6-9,13H2,1H3,(H,30,34)(H,28,31,32);1-2,7-10,35-36H,3-6,11H2,(H,30,34)(H,28,31,32);1-2,7-10,28H,3-6H2,(H,23,25,26)/b30-12+;29-11-;29-9-;24-9-. The van der Waals surface area contributed by atoms with Crippen LogP contribution in [0.25, 0.3) is 11.3 Å². The molecule has 9 heterocycles. The van der Waals surface area contributed by atoms with Crippen LogP contribution in [0.3, 0.4) is 0 Å². The number of furan rings is 1. The number of hydrogen-bond donors (Lipinski definition) is 11. The molecule has 143 heavy (non-hydrogen) atoms. The molecule has 4 aliphatic heterocycles. The van der Waals surface area contributed by atoms with E-state index in [9.17, 15) is 57.5 Å². The molecule has 750 valence electrons. The van der Waals surface area contributed by atoms with Crippen LogP contribution in [0.1, 0.15) is 33.6 Å². The summed E-state index contributed by atoms with van der Waals surface area (Å²) in [4.78, 5) is 76.3. The van der Waals surface area contributed by atoms with Crippen molar-refractivity contribution >= 4 is 223 Å². The SMILES string of the molecule is COc1ccccc1CC(=O)COc1c(Br)cc(/C=N/Nc2ncc(F)c(N3CCOCC3)n2)c(O)c1Cl.Cc1ccccc1NC(=O)COc1c(Br)cc(/C=N\Nc2ncc(F)c(N3CCOCC3)n2)c(O)c1Cl.O=C(COc1ccc(/C=N\Nc2ncc(F)c(N3CCOCC3)n2)c(O)c1Cl)Nc1cc(Br)cc(Cl)c1O.Oc1c(Cl)cc(Br)cc1-c1ccc(/C=N\Nc2ncc(F)c(N3CCOCC3)n2)o1. The van der Waals surface area contributed by atoms with E-state index in [1.807, 2.05) is 37.3 Å². The van der Waals surface area contributed by atoms with Gasteiger partial charge in [0.1, 0.15) is 67.7 Å². The van der Waals surface area contributed by atoms with Crippen molar-refractivity contribution in [2.75, 3.05) is 184 Å². The molecule has 0 unspecified atom stereocenters. The Bertz CT molecular complexity index is 6690. The highest BCUT2D eigenvalue weighted by atomic mass is 79.9. The number of halogens is 13. The van der Waals surface area contributed by atoms with Gasteiger partial charge in [-0.3, -0.25) is 14.4 Å². The van der Waals surface area contributed by atoms with Crippen LogP contribution in [0.5, 0.6) is 51.7 Å². The summed E-state index contributed by atoms with van der Waals surface area (Å²) < 4.78 is 107. The largest absolute Gasteiger partial charge is 0.506 e. The number of methoxy groups -OCH3 is 1. The number of hydrazone groups is 4. The van der Waals surface area contributed by atoms with Gasteiger partial charge < -0.3 is 98.1 Å². The monoisotopic (exact) mass is 2320 g/mol. The molecule has 4 aliphatic rings. The maximum Gasteiger partial charge on any atom is 0.262 e. The van der Waals surface area contributed by atoms with Crippen molar-refractivity contribution < 1.29 is 99.8 Å². The third kappa shape index (κ3) is 29.8. The third-order valence-corrected chi connectivity index (χ3v) is 24.1. The minimum Gasteiger partial charge on any atom is -0.506 e. The second-order valence-corrected chi connectivity index (χ2v) is 35.6. The first-order valence-corrected chi connectivity index (χ1v) is 47.6. The maximum absolute atomic E-state index is 14.2. The molecule has 0 radical (unpaired) electrons. The number of hydrogen-bond acceptors (Lipinski definition) is 37. The number of nitrogens with one attached hydrogen (secondary N) is 6. The Morgan fingerprint density at radius 2 is 0.839 bits per heavy atom. The summed E-state index contributed by atoms with van der Waals surface area (Å²) in [5, 5.41) is 72.9. The van der Waals surface area contributed by atoms with E-state index in [1.54, 1.807) is 62.1 Å². The van der Waals surface area contributed by atoms with Gasteiger partial charge in [0, 0.05) is 95.7 Å². The Balaban J connectivity index is 0.000000161. The first kappa shape index (κ1) is 107. The molecule has 0 spiro atoms. The molecule has 0 aliphatic carbocycles. The molecule has 7 aromatic carbocycles. The number of carbonyl (C=O) groups is 3. The Morgan fingerprint density at radius 3 is 1.30 bits per heavy atom. The van der Waals surface area contributed by atoms with Crippen LogP contribution in [0.2, 0.25) is 25.1 Å². The van der Waals surface area contributed by atoms with Crippen LogP contribution in [-0.4, -0.2) is 240 Å². The summed E-state index contributed by atoms with van der Waals surface area (Å²) in [6.07, 6.45) is 9.63. The topological polar surface area (TPSA) is 477 Å². The van der Waals surface area contributed by atoms with Crippen molar-refractivity contribution in [1.82, 2.24) is 39.9 Å². The number of aromatic hydroxyl groups is 5. The molecule has 4 saturated heterocycles. The highest BCUT2D eigenvalue weighted by Gasteiger charge is 2.27. The van der Waals surface area contributed by atoms with Crippen molar-refractivity contribution in [2.45, 2.75) is 13.3 Å². The molecule has 0 bridgehead atoms. The number of nitrogens with zero attached hydrogens (tertiary/aromatic N) is 16. The zero-order valence-corrected chi connectivity index (χ0v) is 85.0. The van der Waals surface area contributed by atoms with E-state index in [0.717, 1.165) is 35.9 Å². The summed E-state index contributed by atoms with van der Waals surface area (Å²) >= 11 is 43.9. The molecule has 5 aromatic heterocycles. The lowest BCUT2D eigenvalue weighted by Crippen LogP contribution is -2.37. The first-order chi connectivity index (χ1) is 68.9. The molecule has 12 aromatic rings. The molecule has 52 heteroatoms. The van der Waals surface area contributed by atoms with Crippen LogP contribution >= 0.6 is 122 Å². The third-order valence-electron chi connectivity index (χ3n) is 20.4. The number of morpholine rings is 4. The molecular weight excluding hydrogens is 2250 g/mol. The van der Waals surface area contributed by atoms with Crippen LogP contribution in [-0.2, 0) is 39.8 Å². The van der Waals surface area contributed by atoms with Crippen LogP contribution in [0, 0.1) is 30.2 Å². The Hall–Kier alpha value is -13.0. The van der Waals surface area contributed by atoms with Gasteiger partial charge in [-0.05, 0) is 117 Å². The number of aryl methyl sites for hydroxylation is 1. The summed E-state index contributed by atoms with van der Waals surface area (Å²) in [5.41, 5.74) is 14.1. The smallest absolute Gasteiger partial charge is 0.262 e. The fraction of sp³-hybridized carbons (Fsp3) is 0.242. The van der Waals surface area contributed by atoms with Gasteiger partial charge in [0.25, 0.3) is 11.8 Å². The maximum atomic E-state index is 14.2. The lowest BCUT2D eigenvalue weighted by molar-refractivity contribution is -0.120. The van der Waals surface area contributed by atoms with Crippen molar-refractivity contribution in [3.8, 4) is 63.1 Å². The second-order valence-electron chi connectivity index (χ2n) is 30.1. The molecule has 4 fully saturated rings. The van der Waals surface area contributed by atoms with Crippen LogP contribution < -0.4 is 70.9 Å². The van der Waals surface area contributed by atoms with E-state index in [0.29, 0.717) is 152 Å². The zero-order chi connectivity index (χ0) is 102. The van der Waals surface area contributed by atoms with Gasteiger partial charge in [-0.15, -0.1) is 0 Å². The number of ketones is 1. The predicted molar refractivity (Wildman–Crippen MR) is 546 cm³/mol. The van der Waals surface area contributed by atoms with Gasteiger partial charge in [0.05, 0.1) is 140 Å². The minimum atomic E-state index is -0.601. The van der Waals surface area contributed by atoms with Gasteiger partial charge in [-0.2, -0.15) is 40.3 Å². The molecular formula is C91H83Br4Cl5F4N22O17. The number of rotatable bonds is 31. The number of carbonyl (C=O) groups excluding carboxylic acids is 3. The highest BCUT2D eigenvalue weighted by molar-refractivity contribution is 9.11. The summed E-state index contributed by atoms with van der Waals surface area (Å²) in [6, 6.07) is 30.1. The molecule has 11 N–H and O–H groups in total. The average molecular weight is 2330 g/mol. The molecule has 0 saturated carbocycles. The predicted octanol–water partition coefficient (Wildman–Crippen LogP) is 17.2. The fourth-order valence-electron chi connectivity index (χ4n) is 13.3. The van der Waals surface area contributed by atoms with E-state index in [2.05, 4.69) is 156 Å². The van der Waals surface area contributed by atoms with Crippen molar-refractivity contribution in [3.63, 3.8) is 0 Å². The quantitative estimate of drug-likeness (QED) is 0.00832. The Morgan fingerprint density at radius 1 is 0.441 bits per heavy atom. The van der Waals surface area contributed by atoms with Crippen molar-refractivity contribution in [3.05, 3.63) is 234 Å². The number of amides is 2. The normalized spacial score (nSPS) is 13.7. The number of ether oxygens (including phenoxy) is 8. The lowest BCUT2D eigenvalue weighted by Gasteiger charge is -2.27. The van der Waals surface area contributed by atoms with Gasteiger partial charge in [-0.1, -0.05) is 126 Å². The van der Waals surface area contributed by atoms with Crippen LogP contribution in [0.4, 0.5) is 76.0 Å². The number of Topliss-reactive ketones (excluding diaryl/α,β-unsaturated/α-hetero) is 1. The summed E-state index contributed by atoms with van der Waals surface area (Å²) in [5.74, 6) is -2.00. The minimum absolute atomic E-state index is 0.0398. The van der Waals surface area contributed by atoms with Crippen molar-refractivity contribution in [1.29, 1.82) is 0 Å². The number of anilines is 10. The molecule has 16 rings (SSSR count). The van der Waals surface area contributed by atoms with Crippen LogP contribution in [0.15, 0.2) is 177 Å². The Labute approximate surface area is 870 Å². The van der Waals surface area contributed by atoms with Gasteiger partial charge >= 0.3 is 0 Å². The highest BCUT2D eigenvalue weighted by Crippen LogP contribution is 2.45. The second kappa shape index (κ2) is 52.3. The van der Waals surface area contributed by atoms with E-state index < -0.39 is 35.8 Å². The number of benzene rings is 7. The van der Waals surface area contributed by atoms with E-state index >= 15 is 0 Å². The molecule has 39 nitrogen and oxygen atoms in total. The lowest BCUT2D eigenvalue weighted by atomic mass is 10.1. The van der Waals surface area contributed by atoms with E-state index in [1.165, 1.54) is 68.4 Å². The Kier molecular flexibility index (Phi) is 39.2. The number of para-hydroxylation sites is 2. The fourth-order valence-corrected chi connectivity index (χ4v) is 17.1. The molecule has 0 atom stereocenters. The summed E-state index contributed by atoms with van der Waals surface area (Å²) in [6.45, 7) is 8.88. The number of phenols is 5. The number of aromatic nitrogens is 8. The van der Waals surface area contributed by atoms with Gasteiger partial charge in [0.2, 0.25) is 23.8 Å². The summed E-state index contributed by atoms with van der Waals surface area (Å²) in [7, 11) is 1.54. The first-order valence-electron chi connectivity index (χ1n) is 42.6. The van der Waals surface area contributed by atoms with E-state index in [4.69, 9.17) is 100 Å². The average Bonchev–Trinajstić information content (AvgIpc) is 1.21. The van der Waals surface area contributed by atoms with E-state index in [-0.39, 0.29) is 172 Å². The number of phenolic OH excluding ortho intramolecular Hbond substituents is 5. The zero-order valence-electron chi connectivity index (χ0n) is 74.9. The van der Waals surface area contributed by atoms with Crippen molar-refractivity contribution in [2.24, 2.45) is 20.4 Å².